The number of hydrogen-bond acceptors (Lipinski definition) is 2. The van der Waals surface area contributed by atoms with Gasteiger partial charge in [-0.2, -0.15) is 0 Å². The standard InChI is InChI=1S/C12H15N3/c1-9(13)11-8-14-12(15(11)2)10-6-4-3-5-7-10/h3-9H,13H2,1-2H3. The predicted octanol–water partition coefficient (Wildman–Crippen LogP) is 2.11. The van der Waals surface area contributed by atoms with E-state index in [0.717, 1.165) is 17.1 Å². The van der Waals surface area contributed by atoms with Crippen LogP contribution in [0.4, 0.5) is 0 Å². The van der Waals surface area contributed by atoms with Crippen molar-refractivity contribution in [3.05, 3.63) is 42.2 Å². The average Bonchev–Trinajstić information content (AvgIpc) is 2.61. The van der Waals surface area contributed by atoms with Crippen molar-refractivity contribution >= 4 is 0 Å². The molecule has 1 atom stereocenters. The van der Waals surface area contributed by atoms with Crippen LogP contribution in [-0.2, 0) is 7.05 Å². The lowest BCUT2D eigenvalue weighted by atomic mass is 10.2. The second-order valence-corrected chi connectivity index (χ2v) is 3.72. The fourth-order valence-electron chi connectivity index (χ4n) is 1.70. The first-order valence-electron chi connectivity index (χ1n) is 5.02. The van der Waals surface area contributed by atoms with Crippen molar-refractivity contribution in [2.75, 3.05) is 0 Å². The van der Waals surface area contributed by atoms with Gasteiger partial charge in [0.05, 0.1) is 11.9 Å². The largest absolute Gasteiger partial charge is 0.330 e. The van der Waals surface area contributed by atoms with E-state index in [1.807, 2.05) is 55.1 Å². The first kappa shape index (κ1) is 9.93. The maximum atomic E-state index is 5.85. The summed E-state index contributed by atoms with van der Waals surface area (Å²) in [5.41, 5.74) is 8.01. The molecule has 0 amide bonds. The quantitative estimate of drug-likeness (QED) is 0.808. The normalized spacial score (nSPS) is 12.7. The number of hydrogen-bond donors (Lipinski definition) is 1. The molecule has 2 N–H and O–H groups in total. The number of aromatic nitrogens is 2. The lowest BCUT2D eigenvalue weighted by molar-refractivity contribution is 0.718. The van der Waals surface area contributed by atoms with Crippen LogP contribution in [0.15, 0.2) is 36.5 Å². The van der Waals surface area contributed by atoms with Gasteiger partial charge in [-0.05, 0) is 6.92 Å². The highest BCUT2D eigenvalue weighted by atomic mass is 15.1. The maximum Gasteiger partial charge on any atom is 0.139 e. The van der Waals surface area contributed by atoms with E-state index in [9.17, 15) is 0 Å². The molecule has 0 radical (unpaired) electrons. The molecule has 1 aromatic heterocycles. The molecule has 0 fully saturated rings. The highest BCUT2D eigenvalue weighted by Crippen LogP contribution is 2.20. The van der Waals surface area contributed by atoms with Crippen molar-refractivity contribution < 1.29 is 0 Å². The summed E-state index contributed by atoms with van der Waals surface area (Å²) < 4.78 is 2.04. The highest BCUT2D eigenvalue weighted by Gasteiger charge is 2.10. The van der Waals surface area contributed by atoms with Crippen molar-refractivity contribution in [3.63, 3.8) is 0 Å². The molecule has 1 unspecified atom stereocenters. The van der Waals surface area contributed by atoms with Crippen molar-refractivity contribution in [2.45, 2.75) is 13.0 Å². The lowest BCUT2D eigenvalue weighted by Gasteiger charge is -2.08. The number of benzene rings is 1. The molecule has 0 bridgehead atoms. The van der Waals surface area contributed by atoms with E-state index < -0.39 is 0 Å². The zero-order valence-corrected chi connectivity index (χ0v) is 9.01. The maximum absolute atomic E-state index is 5.85. The van der Waals surface area contributed by atoms with E-state index in [0.29, 0.717) is 0 Å². The fraction of sp³-hybridized carbons (Fsp3) is 0.250. The first-order valence-corrected chi connectivity index (χ1v) is 5.02. The topological polar surface area (TPSA) is 43.8 Å². The first-order chi connectivity index (χ1) is 7.20. The summed E-state index contributed by atoms with van der Waals surface area (Å²) >= 11 is 0. The molecular formula is C12H15N3. The molecule has 0 saturated heterocycles. The molecule has 1 aromatic carbocycles. The van der Waals surface area contributed by atoms with E-state index in [4.69, 9.17) is 5.73 Å². The molecule has 15 heavy (non-hydrogen) atoms. The third-order valence-corrected chi connectivity index (χ3v) is 2.52. The van der Waals surface area contributed by atoms with Crippen LogP contribution in [0.2, 0.25) is 0 Å². The van der Waals surface area contributed by atoms with E-state index in [1.165, 1.54) is 0 Å². The Hall–Kier alpha value is -1.61. The van der Waals surface area contributed by atoms with Gasteiger partial charge in [-0.3, -0.25) is 0 Å². The molecule has 3 heteroatoms. The van der Waals surface area contributed by atoms with Gasteiger partial charge in [-0.1, -0.05) is 30.3 Å². The Balaban J connectivity index is 2.47. The van der Waals surface area contributed by atoms with Crippen molar-refractivity contribution in [1.29, 1.82) is 0 Å². The Bertz CT molecular complexity index is 443. The van der Waals surface area contributed by atoms with E-state index in [-0.39, 0.29) is 6.04 Å². The summed E-state index contributed by atoms with van der Waals surface area (Å²) in [4.78, 5) is 4.39. The average molecular weight is 201 g/mol. The monoisotopic (exact) mass is 201 g/mol. The summed E-state index contributed by atoms with van der Waals surface area (Å²) in [5.74, 6) is 0.961. The molecule has 2 rings (SSSR count). The van der Waals surface area contributed by atoms with Gasteiger partial charge in [0.1, 0.15) is 5.82 Å². The molecule has 1 heterocycles. The summed E-state index contributed by atoms with van der Waals surface area (Å²) in [6, 6.07) is 10.1. The summed E-state index contributed by atoms with van der Waals surface area (Å²) in [7, 11) is 1.99. The zero-order chi connectivity index (χ0) is 10.8. The van der Waals surface area contributed by atoms with Gasteiger partial charge in [0.25, 0.3) is 0 Å². The molecule has 0 spiro atoms. The van der Waals surface area contributed by atoms with E-state index in [1.54, 1.807) is 0 Å². The second kappa shape index (κ2) is 3.87. The van der Waals surface area contributed by atoms with Crippen molar-refractivity contribution in [2.24, 2.45) is 12.8 Å². The fourth-order valence-corrected chi connectivity index (χ4v) is 1.70. The SMILES string of the molecule is CC(N)c1cnc(-c2ccccc2)n1C. The van der Waals surface area contributed by atoms with Crippen LogP contribution in [0.25, 0.3) is 11.4 Å². The van der Waals surface area contributed by atoms with Gasteiger partial charge >= 0.3 is 0 Å². The van der Waals surface area contributed by atoms with Gasteiger partial charge in [0, 0.05) is 18.7 Å². The molecule has 0 aliphatic heterocycles. The van der Waals surface area contributed by atoms with Crippen LogP contribution in [-0.4, -0.2) is 9.55 Å². The number of imidazole rings is 1. The molecule has 0 aliphatic carbocycles. The molecular weight excluding hydrogens is 186 g/mol. The smallest absolute Gasteiger partial charge is 0.139 e. The summed E-state index contributed by atoms with van der Waals surface area (Å²) in [6.45, 7) is 1.96. The Morgan fingerprint density at radius 3 is 2.47 bits per heavy atom. The van der Waals surface area contributed by atoms with E-state index >= 15 is 0 Å². The molecule has 2 aromatic rings. The summed E-state index contributed by atoms with van der Waals surface area (Å²) in [5, 5.41) is 0. The van der Waals surface area contributed by atoms with Crippen LogP contribution in [0.1, 0.15) is 18.7 Å². The van der Waals surface area contributed by atoms with Gasteiger partial charge < -0.3 is 10.3 Å². The number of rotatable bonds is 2. The summed E-state index contributed by atoms with van der Waals surface area (Å²) in [6.07, 6.45) is 1.84. The van der Waals surface area contributed by atoms with Crippen molar-refractivity contribution in [1.82, 2.24) is 9.55 Å². The Labute approximate surface area is 89.6 Å². The van der Waals surface area contributed by atoms with Crippen LogP contribution in [0, 0.1) is 0 Å². The van der Waals surface area contributed by atoms with Crippen LogP contribution in [0.5, 0.6) is 0 Å². The minimum absolute atomic E-state index is 0.0139. The van der Waals surface area contributed by atoms with Crippen LogP contribution in [0.3, 0.4) is 0 Å². The van der Waals surface area contributed by atoms with E-state index in [2.05, 4.69) is 4.98 Å². The molecule has 3 nitrogen and oxygen atoms in total. The Kier molecular flexibility index (Phi) is 2.56. The predicted molar refractivity (Wildman–Crippen MR) is 61.2 cm³/mol. The number of nitrogens with zero attached hydrogens (tertiary/aromatic N) is 2. The molecule has 0 saturated carbocycles. The van der Waals surface area contributed by atoms with Gasteiger partial charge in [-0.25, -0.2) is 4.98 Å². The third-order valence-electron chi connectivity index (χ3n) is 2.52. The minimum atomic E-state index is 0.0139. The second-order valence-electron chi connectivity index (χ2n) is 3.72. The number of nitrogens with two attached hydrogens (primary N) is 1. The highest BCUT2D eigenvalue weighted by molar-refractivity contribution is 5.55. The Morgan fingerprint density at radius 2 is 1.93 bits per heavy atom. The Morgan fingerprint density at radius 1 is 1.27 bits per heavy atom. The van der Waals surface area contributed by atoms with Gasteiger partial charge in [-0.15, -0.1) is 0 Å². The van der Waals surface area contributed by atoms with Crippen LogP contribution < -0.4 is 5.73 Å². The van der Waals surface area contributed by atoms with Crippen LogP contribution >= 0.6 is 0 Å². The van der Waals surface area contributed by atoms with Gasteiger partial charge in [0.15, 0.2) is 0 Å². The zero-order valence-electron chi connectivity index (χ0n) is 9.01. The van der Waals surface area contributed by atoms with Gasteiger partial charge in [0.2, 0.25) is 0 Å². The van der Waals surface area contributed by atoms with Crippen molar-refractivity contribution in [3.8, 4) is 11.4 Å². The lowest BCUT2D eigenvalue weighted by Crippen LogP contribution is -2.10. The molecule has 78 valence electrons. The minimum Gasteiger partial charge on any atom is -0.330 e. The molecule has 0 aliphatic rings. The third kappa shape index (κ3) is 1.78.